The lowest BCUT2D eigenvalue weighted by Crippen LogP contribution is -2.43. The molecule has 0 fully saturated rings. The van der Waals surface area contributed by atoms with E-state index in [1.807, 2.05) is 62.4 Å². The van der Waals surface area contributed by atoms with Crippen LogP contribution in [0.2, 0.25) is 0 Å². The van der Waals surface area contributed by atoms with E-state index in [9.17, 15) is 14.4 Å². The molecule has 1 aliphatic carbocycles. The lowest BCUT2D eigenvalue weighted by atomic mass is 9.67. The molecule has 0 radical (unpaired) electrons. The van der Waals surface area contributed by atoms with Crippen LogP contribution in [-0.2, 0) is 23.9 Å². The fraction of sp³-hybridized carbons (Fsp3) is 0.367. The number of aryl methyl sites for hydroxylation is 1. The van der Waals surface area contributed by atoms with Gasteiger partial charge >= 0.3 is 11.9 Å². The number of carbonyl (C=O) groups is 3. The molecule has 37 heavy (non-hydrogen) atoms. The van der Waals surface area contributed by atoms with Crippen molar-refractivity contribution in [3.63, 3.8) is 0 Å². The number of allylic oxidation sites excluding steroid dienone is 3. The van der Waals surface area contributed by atoms with Crippen LogP contribution in [0.1, 0.15) is 55.7 Å². The molecule has 0 spiro atoms. The summed E-state index contributed by atoms with van der Waals surface area (Å²) in [6.45, 7) is 7.62. The monoisotopic (exact) mass is 503 g/mol. The number of hydrogen-bond donors (Lipinski definition) is 1. The summed E-state index contributed by atoms with van der Waals surface area (Å²) in [5.41, 5.74) is 4.70. The Kier molecular flexibility index (Phi) is 7.81. The minimum absolute atomic E-state index is 0.153. The van der Waals surface area contributed by atoms with Crippen molar-refractivity contribution in [2.75, 3.05) is 20.3 Å². The first kappa shape index (κ1) is 26.2. The van der Waals surface area contributed by atoms with E-state index in [2.05, 4.69) is 5.32 Å². The van der Waals surface area contributed by atoms with Crippen LogP contribution in [0.3, 0.4) is 0 Å². The standard InChI is InChI=1S/C30H33NO6/c1-6-36-29(33)24-18(4)31-22-16-21(20-10-8-9-11-23(20)35-5)26(30(34)37-7-2)28(32)27(22)25(24)19-14-12-17(3)13-15-19/h8-15,21,25-26,31H,6-7,16H2,1-5H3/t21-,25-,26+/m1/s1. The molecule has 0 aromatic heterocycles. The van der Waals surface area contributed by atoms with Gasteiger partial charge in [-0.1, -0.05) is 48.0 Å². The van der Waals surface area contributed by atoms with Crippen molar-refractivity contribution >= 4 is 17.7 Å². The fourth-order valence-electron chi connectivity index (χ4n) is 5.37. The molecular weight excluding hydrogens is 470 g/mol. The molecule has 0 bridgehead atoms. The molecule has 7 heteroatoms. The van der Waals surface area contributed by atoms with Crippen LogP contribution >= 0.6 is 0 Å². The van der Waals surface area contributed by atoms with E-state index < -0.39 is 29.7 Å². The summed E-state index contributed by atoms with van der Waals surface area (Å²) in [7, 11) is 1.57. The van der Waals surface area contributed by atoms with Crippen molar-refractivity contribution < 1.29 is 28.6 Å². The molecule has 194 valence electrons. The number of nitrogens with one attached hydrogen (secondary N) is 1. The Balaban J connectivity index is 1.91. The average Bonchev–Trinajstić information content (AvgIpc) is 2.88. The average molecular weight is 504 g/mol. The molecule has 0 saturated carbocycles. The second-order valence-electron chi connectivity index (χ2n) is 9.27. The topological polar surface area (TPSA) is 90.9 Å². The molecule has 2 aromatic rings. The van der Waals surface area contributed by atoms with Crippen LogP contribution in [0.25, 0.3) is 0 Å². The molecular formula is C30H33NO6. The number of ether oxygens (including phenoxy) is 3. The maximum absolute atomic E-state index is 14.3. The predicted molar refractivity (Wildman–Crippen MR) is 139 cm³/mol. The van der Waals surface area contributed by atoms with E-state index in [0.29, 0.717) is 34.7 Å². The van der Waals surface area contributed by atoms with Gasteiger partial charge in [-0.15, -0.1) is 0 Å². The lowest BCUT2D eigenvalue weighted by molar-refractivity contribution is -0.152. The zero-order chi connectivity index (χ0) is 26.7. The second-order valence-corrected chi connectivity index (χ2v) is 9.27. The van der Waals surface area contributed by atoms with Gasteiger partial charge < -0.3 is 19.5 Å². The minimum Gasteiger partial charge on any atom is -0.496 e. The molecule has 2 aliphatic rings. The number of esters is 2. The van der Waals surface area contributed by atoms with Crippen molar-refractivity contribution in [3.8, 4) is 5.75 Å². The Morgan fingerprint density at radius 2 is 1.65 bits per heavy atom. The van der Waals surface area contributed by atoms with Gasteiger partial charge in [-0.25, -0.2) is 4.79 Å². The number of benzene rings is 2. The van der Waals surface area contributed by atoms with Gasteiger partial charge in [0, 0.05) is 28.8 Å². The van der Waals surface area contributed by atoms with E-state index in [1.165, 1.54) is 0 Å². The van der Waals surface area contributed by atoms with E-state index >= 15 is 0 Å². The molecule has 0 amide bonds. The Labute approximate surface area is 217 Å². The van der Waals surface area contributed by atoms with Gasteiger partial charge in [0.25, 0.3) is 0 Å². The highest BCUT2D eigenvalue weighted by Crippen LogP contribution is 2.49. The Bertz CT molecular complexity index is 1270. The molecule has 7 nitrogen and oxygen atoms in total. The summed E-state index contributed by atoms with van der Waals surface area (Å²) in [6, 6.07) is 15.1. The third kappa shape index (κ3) is 4.90. The Morgan fingerprint density at radius 3 is 2.30 bits per heavy atom. The lowest BCUT2D eigenvalue weighted by Gasteiger charge is -2.39. The van der Waals surface area contributed by atoms with Gasteiger partial charge in [-0.3, -0.25) is 9.59 Å². The van der Waals surface area contributed by atoms with Crippen LogP contribution < -0.4 is 10.1 Å². The van der Waals surface area contributed by atoms with Crippen LogP contribution in [0, 0.1) is 12.8 Å². The predicted octanol–water partition coefficient (Wildman–Crippen LogP) is 4.72. The van der Waals surface area contributed by atoms with Gasteiger partial charge in [0.05, 0.1) is 25.9 Å². The fourth-order valence-corrected chi connectivity index (χ4v) is 5.37. The number of rotatable bonds is 7. The minimum atomic E-state index is -1.08. The maximum atomic E-state index is 14.3. The van der Waals surface area contributed by atoms with Gasteiger partial charge in [0.2, 0.25) is 0 Å². The first-order chi connectivity index (χ1) is 17.8. The van der Waals surface area contributed by atoms with Gasteiger partial charge in [0.1, 0.15) is 11.7 Å². The highest BCUT2D eigenvalue weighted by molar-refractivity contribution is 6.13. The molecule has 4 rings (SSSR count). The van der Waals surface area contributed by atoms with Crippen LogP contribution in [0.4, 0.5) is 0 Å². The Hall–Kier alpha value is -3.87. The molecule has 1 N–H and O–H groups in total. The zero-order valence-electron chi connectivity index (χ0n) is 21.9. The van der Waals surface area contributed by atoms with Crippen molar-refractivity contribution in [1.29, 1.82) is 0 Å². The first-order valence-corrected chi connectivity index (χ1v) is 12.6. The SMILES string of the molecule is CCOC(=O)C1=C(C)NC2=C(C(=O)[C@@H](C(=O)OCC)[C@@H](c3ccccc3OC)C2)[C@@H]1c1ccc(C)cc1. The summed E-state index contributed by atoms with van der Waals surface area (Å²) in [6.07, 6.45) is 0.376. The quantitative estimate of drug-likeness (QED) is 0.432. The van der Waals surface area contributed by atoms with E-state index in [4.69, 9.17) is 14.2 Å². The van der Waals surface area contributed by atoms with Crippen LogP contribution in [-0.4, -0.2) is 38.0 Å². The summed E-state index contributed by atoms with van der Waals surface area (Å²) >= 11 is 0. The van der Waals surface area contributed by atoms with Gasteiger partial charge in [-0.05, 0) is 51.3 Å². The number of ketones is 1. The van der Waals surface area contributed by atoms with Crippen molar-refractivity contribution in [3.05, 3.63) is 87.8 Å². The maximum Gasteiger partial charge on any atom is 0.336 e. The largest absolute Gasteiger partial charge is 0.496 e. The van der Waals surface area contributed by atoms with Gasteiger partial charge in [0.15, 0.2) is 5.78 Å². The van der Waals surface area contributed by atoms with Gasteiger partial charge in [-0.2, -0.15) is 0 Å². The highest BCUT2D eigenvalue weighted by Gasteiger charge is 2.49. The number of carbonyl (C=O) groups excluding carboxylic acids is 3. The third-order valence-corrected chi connectivity index (χ3v) is 7.00. The highest BCUT2D eigenvalue weighted by atomic mass is 16.5. The molecule has 1 aliphatic heterocycles. The summed E-state index contributed by atoms with van der Waals surface area (Å²) in [4.78, 5) is 40.8. The van der Waals surface area contributed by atoms with E-state index in [0.717, 1.165) is 16.7 Å². The second kappa shape index (κ2) is 11.0. The number of hydrogen-bond acceptors (Lipinski definition) is 7. The summed E-state index contributed by atoms with van der Waals surface area (Å²) in [5, 5.41) is 3.32. The van der Waals surface area contributed by atoms with Crippen molar-refractivity contribution in [2.24, 2.45) is 5.92 Å². The summed E-state index contributed by atoms with van der Waals surface area (Å²) < 4.78 is 16.4. The van der Waals surface area contributed by atoms with Crippen LogP contribution in [0.15, 0.2) is 71.1 Å². The molecule has 0 unspecified atom stereocenters. The number of Topliss-reactive ketones (excluding diaryl/α,β-unsaturated/α-hetero) is 1. The molecule has 3 atom stereocenters. The molecule has 2 aromatic carbocycles. The number of para-hydroxylation sites is 1. The number of dihydropyridines is 1. The Morgan fingerprint density at radius 1 is 0.973 bits per heavy atom. The van der Waals surface area contributed by atoms with Crippen molar-refractivity contribution in [2.45, 2.75) is 46.0 Å². The van der Waals surface area contributed by atoms with Crippen LogP contribution in [0.5, 0.6) is 5.75 Å². The third-order valence-electron chi connectivity index (χ3n) is 7.00. The smallest absolute Gasteiger partial charge is 0.336 e. The molecule has 1 heterocycles. The molecule has 0 saturated heterocycles. The number of methoxy groups -OCH3 is 1. The van der Waals surface area contributed by atoms with E-state index in [1.54, 1.807) is 21.0 Å². The normalized spacial score (nSPS) is 21.2. The zero-order valence-corrected chi connectivity index (χ0v) is 21.9. The summed E-state index contributed by atoms with van der Waals surface area (Å²) in [5.74, 6) is -3.07. The van der Waals surface area contributed by atoms with Crippen molar-refractivity contribution in [1.82, 2.24) is 5.32 Å². The van der Waals surface area contributed by atoms with E-state index in [-0.39, 0.29) is 19.0 Å². The first-order valence-electron chi connectivity index (χ1n) is 12.6.